The van der Waals surface area contributed by atoms with E-state index in [1.165, 1.54) is 38.9 Å². The van der Waals surface area contributed by atoms with Crippen LogP contribution in [0, 0.1) is 17.8 Å². The minimum atomic E-state index is 0.500. The molecule has 2 nitrogen and oxygen atoms in total. The Hall–Kier alpha value is -0.0800. The van der Waals surface area contributed by atoms with Gasteiger partial charge >= 0.3 is 0 Å². The Morgan fingerprint density at radius 1 is 1.27 bits per heavy atom. The van der Waals surface area contributed by atoms with E-state index in [2.05, 4.69) is 18.7 Å². The van der Waals surface area contributed by atoms with Crippen LogP contribution >= 0.6 is 0 Å². The second kappa shape index (κ2) is 4.84. The zero-order valence-corrected chi connectivity index (χ0v) is 10.4. The summed E-state index contributed by atoms with van der Waals surface area (Å²) >= 11 is 0. The molecule has 0 radical (unpaired) electrons. The number of hydrogen-bond acceptors (Lipinski definition) is 2. The van der Waals surface area contributed by atoms with Crippen LogP contribution in [0.25, 0.3) is 0 Å². The number of piperidine rings is 1. The van der Waals surface area contributed by atoms with E-state index in [1.54, 1.807) is 0 Å². The predicted molar refractivity (Wildman–Crippen MR) is 62.9 cm³/mol. The van der Waals surface area contributed by atoms with Crippen molar-refractivity contribution in [1.82, 2.24) is 4.90 Å². The molecule has 1 saturated carbocycles. The Balaban J connectivity index is 1.86. The van der Waals surface area contributed by atoms with E-state index >= 15 is 0 Å². The molecule has 2 heteroatoms. The summed E-state index contributed by atoms with van der Waals surface area (Å²) in [7, 11) is 1.87. The number of likely N-dealkylation sites (tertiary alicyclic amines) is 1. The molecule has 1 aliphatic carbocycles. The van der Waals surface area contributed by atoms with Gasteiger partial charge < -0.3 is 9.64 Å². The SMILES string of the molecule is COC1CCN(CC2CC2)C[C@H]1C(C)C. The lowest BCUT2D eigenvalue weighted by Crippen LogP contribution is -2.46. The summed E-state index contributed by atoms with van der Waals surface area (Å²) in [4.78, 5) is 2.66. The van der Waals surface area contributed by atoms with Crippen LogP contribution in [0.5, 0.6) is 0 Å². The van der Waals surface area contributed by atoms with Crippen LogP contribution in [-0.2, 0) is 4.74 Å². The Kier molecular flexibility index (Phi) is 3.68. The summed E-state index contributed by atoms with van der Waals surface area (Å²) in [5, 5.41) is 0. The monoisotopic (exact) mass is 211 g/mol. The highest BCUT2D eigenvalue weighted by Crippen LogP contribution is 2.33. The van der Waals surface area contributed by atoms with Gasteiger partial charge in [0.1, 0.15) is 0 Å². The first-order valence-electron chi connectivity index (χ1n) is 6.46. The van der Waals surface area contributed by atoms with Crippen LogP contribution in [0.1, 0.15) is 33.1 Å². The largest absolute Gasteiger partial charge is 0.381 e. The van der Waals surface area contributed by atoms with E-state index in [-0.39, 0.29) is 0 Å². The van der Waals surface area contributed by atoms with Crippen molar-refractivity contribution in [2.24, 2.45) is 17.8 Å². The summed E-state index contributed by atoms with van der Waals surface area (Å²) in [6.07, 6.45) is 4.67. The van der Waals surface area contributed by atoms with Crippen molar-refractivity contribution in [2.75, 3.05) is 26.7 Å². The highest BCUT2D eigenvalue weighted by molar-refractivity contribution is 4.86. The van der Waals surface area contributed by atoms with Gasteiger partial charge in [-0.2, -0.15) is 0 Å². The molecule has 1 aliphatic heterocycles. The molecule has 0 aromatic heterocycles. The molecule has 2 fully saturated rings. The number of ether oxygens (including phenoxy) is 1. The van der Waals surface area contributed by atoms with Crippen molar-refractivity contribution in [2.45, 2.75) is 39.2 Å². The summed E-state index contributed by atoms with van der Waals surface area (Å²) in [5.74, 6) is 2.51. The lowest BCUT2D eigenvalue weighted by atomic mass is 9.85. The second-order valence-corrected chi connectivity index (χ2v) is 5.67. The Labute approximate surface area is 94.0 Å². The smallest absolute Gasteiger partial charge is 0.0626 e. The fraction of sp³-hybridized carbons (Fsp3) is 1.00. The molecule has 1 unspecified atom stereocenters. The molecule has 2 atom stereocenters. The maximum atomic E-state index is 5.61. The lowest BCUT2D eigenvalue weighted by Gasteiger charge is -2.40. The Bertz CT molecular complexity index is 201. The fourth-order valence-corrected chi connectivity index (χ4v) is 2.80. The second-order valence-electron chi connectivity index (χ2n) is 5.67. The molecule has 0 spiro atoms. The molecule has 1 saturated heterocycles. The highest BCUT2D eigenvalue weighted by Gasteiger charge is 2.33. The van der Waals surface area contributed by atoms with E-state index in [0.717, 1.165) is 17.8 Å². The van der Waals surface area contributed by atoms with E-state index in [4.69, 9.17) is 4.74 Å². The topological polar surface area (TPSA) is 12.5 Å². The van der Waals surface area contributed by atoms with Crippen molar-refractivity contribution in [3.63, 3.8) is 0 Å². The van der Waals surface area contributed by atoms with Crippen LogP contribution in [-0.4, -0.2) is 37.7 Å². The zero-order valence-electron chi connectivity index (χ0n) is 10.4. The summed E-state index contributed by atoms with van der Waals surface area (Å²) in [6, 6.07) is 0. The minimum Gasteiger partial charge on any atom is -0.381 e. The average Bonchev–Trinajstić information content (AvgIpc) is 3.01. The molecule has 0 N–H and O–H groups in total. The molecule has 0 amide bonds. The molecule has 0 aromatic carbocycles. The third-order valence-corrected chi connectivity index (χ3v) is 4.05. The molecule has 15 heavy (non-hydrogen) atoms. The summed E-state index contributed by atoms with van der Waals surface area (Å²) < 4.78 is 5.61. The van der Waals surface area contributed by atoms with Gasteiger partial charge in [0.15, 0.2) is 0 Å². The van der Waals surface area contributed by atoms with Crippen LogP contribution in [0.2, 0.25) is 0 Å². The molecular formula is C13H25NO. The standard InChI is InChI=1S/C13H25NO/c1-10(2)12-9-14(8-11-4-5-11)7-6-13(12)15-3/h10-13H,4-9H2,1-3H3/t12-,13?/m0/s1. The number of methoxy groups -OCH3 is 1. The van der Waals surface area contributed by atoms with Crippen molar-refractivity contribution < 1.29 is 4.74 Å². The van der Waals surface area contributed by atoms with Crippen molar-refractivity contribution in [3.05, 3.63) is 0 Å². The van der Waals surface area contributed by atoms with Gasteiger partial charge in [-0.25, -0.2) is 0 Å². The van der Waals surface area contributed by atoms with Gasteiger partial charge in [0.2, 0.25) is 0 Å². The summed E-state index contributed by atoms with van der Waals surface area (Å²) in [5.41, 5.74) is 0. The first-order valence-corrected chi connectivity index (χ1v) is 6.46. The molecule has 88 valence electrons. The quantitative estimate of drug-likeness (QED) is 0.708. The van der Waals surface area contributed by atoms with E-state index < -0.39 is 0 Å². The van der Waals surface area contributed by atoms with Crippen LogP contribution in [0.15, 0.2) is 0 Å². The number of hydrogen-bond donors (Lipinski definition) is 0. The minimum absolute atomic E-state index is 0.500. The van der Waals surface area contributed by atoms with Gasteiger partial charge in [-0.05, 0) is 31.1 Å². The van der Waals surface area contributed by atoms with Crippen molar-refractivity contribution in [1.29, 1.82) is 0 Å². The van der Waals surface area contributed by atoms with Gasteiger partial charge in [0, 0.05) is 32.7 Å². The number of rotatable bonds is 4. The van der Waals surface area contributed by atoms with Gasteiger partial charge in [-0.3, -0.25) is 0 Å². The molecule has 1 heterocycles. The molecule has 2 rings (SSSR count). The maximum Gasteiger partial charge on any atom is 0.0626 e. The van der Waals surface area contributed by atoms with E-state index in [0.29, 0.717) is 6.10 Å². The van der Waals surface area contributed by atoms with Gasteiger partial charge in [0.25, 0.3) is 0 Å². The normalized spacial score (nSPS) is 33.6. The lowest BCUT2D eigenvalue weighted by molar-refractivity contribution is -0.0246. The third kappa shape index (κ3) is 2.94. The molecule has 0 bridgehead atoms. The Morgan fingerprint density at radius 2 is 2.00 bits per heavy atom. The Morgan fingerprint density at radius 3 is 2.53 bits per heavy atom. The predicted octanol–water partition coefficient (Wildman–Crippen LogP) is 2.39. The fourth-order valence-electron chi connectivity index (χ4n) is 2.80. The van der Waals surface area contributed by atoms with Crippen molar-refractivity contribution >= 4 is 0 Å². The van der Waals surface area contributed by atoms with Crippen LogP contribution in [0.4, 0.5) is 0 Å². The summed E-state index contributed by atoms with van der Waals surface area (Å²) in [6.45, 7) is 8.51. The van der Waals surface area contributed by atoms with E-state index in [9.17, 15) is 0 Å². The van der Waals surface area contributed by atoms with Gasteiger partial charge in [0.05, 0.1) is 6.10 Å². The first-order chi connectivity index (χ1) is 7.20. The van der Waals surface area contributed by atoms with E-state index in [1.807, 2.05) is 7.11 Å². The van der Waals surface area contributed by atoms with Crippen LogP contribution in [0.3, 0.4) is 0 Å². The molecule has 2 aliphatic rings. The molecular weight excluding hydrogens is 186 g/mol. The third-order valence-electron chi connectivity index (χ3n) is 4.05. The highest BCUT2D eigenvalue weighted by atomic mass is 16.5. The average molecular weight is 211 g/mol. The van der Waals surface area contributed by atoms with Gasteiger partial charge in [-0.15, -0.1) is 0 Å². The first kappa shape index (κ1) is 11.4. The zero-order chi connectivity index (χ0) is 10.8. The van der Waals surface area contributed by atoms with Crippen LogP contribution < -0.4 is 0 Å². The van der Waals surface area contributed by atoms with Crippen molar-refractivity contribution in [3.8, 4) is 0 Å². The maximum absolute atomic E-state index is 5.61. The van der Waals surface area contributed by atoms with Gasteiger partial charge in [-0.1, -0.05) is 13.8 Å². The number of nitrogens with zero attached hydrogens (tertiary/aromatic N) is 1. The molecule has 0 aromatic rings.